The number of anilines is 2. The lowest BCUT2D eigenvalue weighted by molar-refractivity contribution is 0.229. The Kier molecular flexibility index (Phi) is 6.02. The molecule has 1 rings (SSSR count). The zero-order chi connectivity index (χ0) is 14.5. The first-order valence-electron chi connectivity index (χ1n) is 6.25. The lowest BCUT2D eigenvalue weighted by Gasteiger charge is -2.09. The molecular weight excluding hydrogens is 286 g/mol. The number of rotatable bonds is 8. The summed E-state index contributed by atoms with van der Waals surface area (Å²) in [5, 5.41) is 12.5. The van der Waals surface area contributed by atoms with Gasteiger partial charge in [0.2, 0.25) is 0 Å². The largest absolute Gasteiger partial charge is 0.396 e. The number of nitrogens with two attached hydrogens (primary N) is 1. The molecule has 0 aliphatic heterocycles. The zero-order valence-corrected chi connectivity index (χ0v) is 12.9. The van der Waals surface area contributed by atoms with Crippen LogP contribution in [0.2, 0.25) is 0 Å². The normalized spacial score (nSPS) is 13.4. The van der Waals surface area contributed by atoms with E-state index in [2.05, 4.69) is 9.69 Å². The molecule has 0 aliphatic carbocycles. The molecule has 8 heteroatoms. The van der Waals surface area contributed by atoms with E-state index in [-0.39, 0.29) is 29.0 Å². The van der Waals surface area contributed by atoms with Crippen molar-refractivity contribution >= 4 is 32.2 Å². The minimum Gasteiger partial charge on any atom is -0.396 e. The summed E-state index contributed by atoms with van der Waals surface area (Å²) in [6, 6.07) is 0. The molecule has 0 bridgehead atoms. The summed E-state index contributed by atoms with van der Waals surface area (Å²) in [6.45, 7) is 4.36. The molecule has 1 unspecified atom stereocenters. The molecule has 6 nitrogen and oxygen atoms in total. The van der Waals surface area contributed by atoms with Crippen LogP contribution < -0.4 is 11.1 Å². The number of aliphatic hydroxyl groups excluding tert-OH is 1. The fourth-order valence-electron chi connectivity index (χ4n) is 1.60. The van der Waals surface area contributed by atoms with E-state index in [1.54, 1.807) is 6.92 Å². The molecule has 1 aromatic rings. The fraction of sp³-hybridized carbons (Fsp3) is 0.727. The van der Waals surface area contributed by atoms with Gasteiger partial charge in [-0.3, -0.25) is 0 Å². The second kappa shape index (κ2) is 7.06. The molecule has 19 heavy (non-hydrogen) atoms. The molecular formula is C11H21N3O3S2. The fourth-order valence-corrected chi connectivity index (χ4v) is 3.79. The van der Waals surface area contributed by atoms with Crippen molar-refractivity contribution in [3.63, 3.8) is 0 Å². The first-order chi connectivity index (χ1) is 8.92. The Bertz CT molecular complexity index is 499. The van der Waals surface area contributed by atoms with Gasteiger partial charge in [0.15, 0.2) is 15.7 Å². The summed E-state index contributed by atoms with van der Waals surface area (Å²) in [5.74, 6) is 0.330. The van der Waals surface area contributed by atoms with Crippen molar-refractivity contribution in [2.24, 2.45) is 5.92 Å². The molecule has 0 fully saturated rings. The van der Waals surface area contributed by atoms with Crippen LogP contribution in [0.4, 0.5) is 10.8 Å². The van der Waals surface area contributed by atoms with E-state index >= 15 is 0 Å². The van der Waals surface area contributed by atoms with Gasteiger partial charge < -0.3 is 16.2 Å². The smallest absolute Gasteiger partial charge is 0.184 e. The second-order valence-electron chi connectivity index (χ2n) is 4.49. The minimum atomic E-state index is -3.35. The van der Waals surface area contributed by atoms with Crippen molar-refractivity contribution in [2.45, 2.75) is 31.6 Å². The minimum absolute atomic E-state index is 0.00579. The first kappa shape index (κ1) is 16.2. The molecule has 0 radical (unpaired) electrons. The molecule has 1 heterocycles. The van der Waals surface area contributed by atoms with Crippen molar-refractivity contribution in [2.75, 3.05) is 30.0 Å². The van der Waals surface area contributed by atoms with Crippen molar-refractivity contribution in [3.8, 4) is 0 Å². The Balaban J connectivity index is 2.65. The van der Waals surface area contributed by atoms with Crippen LogP contribution in [0.5, 0.6) is 0 Å². The van der Waals surface area contributed by atoms with Crippen LogP contribution in [0.15, 0.2) is 4.90 Å². The number of hydrogen-bond donors (Lipinski definition) is 3. The molecule has 4 N–H and O–H groups in total. The molecule has 1 atom stereocenters. The summed E-state index contributed by atoms with van der Waals surface area (Å²) in [7, 11) is -3.35. The van der Waals surface area contributed by atoms with Crippen molar-refractivity contribution in [3.05, 3.63) is 0 Å². The maximum Gasteiger partial charge on any atom is 0.184 e. The highest BCUT2D eigenvalue weighted by atomic mass is 32.2. The van der Waals surface area contributed by atoms with Gasteiger partial charge in [-0.2, -0.15) is 4.37 Å². The lowest BCUT2D eigenvalue weighted by atomic mass is 10.1. The third-order valence-corrected chi connectivity index (χ3v) is 5.58. The van der Waals surface area contributed by atoms with Crippen molar-refractivity contribution in [1.82, 2.24) is 4.37 Å². The van der Waals surface area contributed by atoms with E-state index in [9.17, 15) is 8.42 Å². The maximum absolute atomic E-state index is 11.9. The summed E-state index contributed by atoms with van der Waals surface area (Å²) in [4.78, 5) is 0.121. The van der Waals surface area contributed by atoms with Crippen LogP contribution in [0, 0.1) is 5.92 Å². The standard InChI is InChI=1S/C11H21N3O3S2/c1-3-19(16,17)9-10(12)14-18-11(9)13-6-4-5-8(2)7-15/h8,13,15H,3-7H2,1-2H3,(H2,12,14). The second-order valence-corrected chi connectivity index (χ2v) is 7.47. The zero-order valence-electron chi connectivity index (χ0n) is 11.2. The van der Waals surface area contributed by atoms with Gasteiger partial charge in [-0.1, -0.05) is 13.8 Å². The number of aliphatic hydroxyl groups is 1. The predicted octanol–water partition coefficient (Wildman–Crippen LogP) is 1.34. The van der Waals surface area contributed by atoms with Crippen LogP contribution in [0.25, 0.3) is 0 Å². The van der Waals surface area contributed by atoms with E-state index in [0.29, 0.717) is 11.5 Å². The molecule has 1 aromatic heterocycles. The van der Waals surface area contributed by atoms with E-state index in [4.69, 9.17) is 10.8 Å². The quantitative estimate of drug-likeness (QED) is 0.626. The monoisotopic (exact) mass is 307 g/mol. The number of nitrogens with one attached hydrogen (secondary N) is 1. The maximum atomic E-state index is 11.9. The Morgan fingerprint density at radius 1 is 1.53 bits per heavy atom. The molecule has 0 aromatic carbocycles. The van der Waals surface area contributed by atoms with Gasteiger partial charge in [0, 0.05) is 13.2 Å². The number of aromatic nitrogens is 1. The van der Waals surface area contributed by atoms with E-state index in [1.165, 1.54) is 0 Å². The molecule has 0 saturated heterocycles. The van der Waals surface area contributed by atoms with Gasteiger partial charge in [-0.15, -0.1) is 0 Å². The van der Waals surface area contributed by atoms with Crippen molar-refractivity contribution in [1.29, 1.82) is 0 Å². The lowest BCUT2D eigenvalue weighted by Crippen LogP contribution is -2.11. The number of hydrogen-bond acceptors (Lipinski definition) is 7. The Morgan fingerprint density at radius 3 is 2.79 bits per heavy atom. The SMILES string of the molecule is CCS(=O)(=O)c1c(N)nsc1NCCCC(C)CO. The summed E-state index contributed by atoms with van der Waals surface area (Å²) in [6.07, 6.45) is 1.73. The third-order valence-electron chi connectivity index (χ3n) is 2.84. The highest BCUT2D eigenvalue weighted by Crippen LogP contribution is 2.32. The molecule has 0 amide bonds. The predicted molar refractivity (Wildman–Crippen MR) is 78.2 cm³/mol. The molecule has 0 saturated carbocycles. The van der Waals surface area contributed by atoms with Crippen LogP contribution in [-0.4, -0.2) is 36.8 Å². The number of nitrogens with zero attached hydrogens (tertiary/aromatic N) is 1. The molecule has 0 spiro atoms. The van der Waals surface area contributed by atoms with Gasteiger partial charge in [0.1, 0.15) is 9.90 Å². The topological polar surface area (TPSA) is 105 Å². The first-order valence-corrected chi connectivity index (χ1v) is 8.67. The summed E-state index contributed by atoms with van der Waals surface area (Å²) in [5.41, 5.74) is 5.62. The highest BCUT2D eigenvalue weighted by molar-refractivity contribution is 7.91. The Hall–Kier alpha value is -0.860. The van der Waals surface area contributed by atoms with Gasteiger partial charge in [-0.05, 0) is 30.3 Å². The number of nitrogen functional groups attached to an aromatic ring is 1. The van der Waals surface area contributed by atoms with Gasteiger partial charge in [-0.25, -0.2) is 8.42 Å². The van der Waals surface area contributed by atoms with Gasteiger partial charge >= 0.3 is 0 Å². The van der Waals surface area contributed by atoms with Crippen LogP contribution in [0.1, 0.15) is 26.7 Å². The van der Waals surface area contributed by atoms with E-state index in [1.807, 2.05) is 6.92 Å². The van der Waals surface area contributed by atoms with E-state index in [0.717, 1.165) is 24.4 Å². The van der Waals surface area contributed by atoms with Crippen LogP contribution in [0.3, 0.4) is 0 Å². The summed E-state index contributed by atoms with van der Waals surface area (Å²) >= 11 is 1.07. The van der Waals surface area contributed by atoms with Gasteiger partial charge in [0.05, 0.1) is 5.75 Å². The number of sulfone groups is 1. The van der Waals surface area contributed by atoms with E-state index < -0.39 is 9.84 Å². The Labute approximate surface area is 118 Å². The Morgan fingerprint density at radius 2 is 2.21 bits per heavy atom. The highest BCUT2D eigenvalue weighted by Gasteiger charge is 2.23. The van der Waals surface area contributed by atoms with Gasteiger partial charge in [0.25, 0.3) is 0 Å². The summed E-state index contributed by atoms with van der Waals surface area (Å²) < 4.78 is 27.7. The molecule has 110 valence electrons. The molecule has 0 aliphatic rings. The average Bonchev–Trinajstić information content (AvgIpc) is 2.76. The third kappa shape index (κ3) is 4.32. The van der Waals surface area contributed by atoms with Crippen molar-refractivity contribution < 1.29 is 13.5 Å². The van der Waals surface area contributed by atoms with Crippen LogP contribution in [-0.2, 0) is 9.84 Å². The van der Waals surface area contributed by atoms with Crippen LogP contribution >= 0.6 is 11.5 Å². The average molecular weight is 307 g/mol.